The second kappa shape index (κ2) is 6.20. The zero-order chi connectivity index (χ0) is 15.5. The van der Waals surface area contributed by atoms with E-state index in [4.69, 9.17) is 0 Å². The van der Waals surface area contributed by atoms with E-state index in [2.05, 4.69) is 0 Å². The van der Waals surface area contributed by atoms with Crippen molar-refractivity contribution in [1.82, 2.24) is 0 Å². The molecule has 4 nitrogen and oxygen atoms in total. The SMILES string of the molecule is CC(C(=O)c1ccccc1)C(c1ccccc1)S(=O)(=O)O. The molecule has 0 spiro atoms. The highest BCUT2D eigenvalue weighted by Crippen LogP contribution is 2.31. The van der Waals surface area contributed by atoms with Gasteiger partial charge in [-0.3, -0.25) is 9.35 Å². The van der Waals surface area contributed by atoms with Crippen molar-refractivity contribution in [3.63, 3.8) is 0 Å². The summed E-state index contributed by atoms with van der Waals surface area (Å²) in [7, 11) is -4.39. The van der Waals surface area contributed by atoms with Crippen LogP contribution in [0.25, 0.3) is 0 Å². The van der Waals surface area contributed by atoms with Crippen molar-refractivity contribution in [2.24, 2.45) is 5.92 Å². The summed E-state index contributed by atoms with van der Waals surface area (Å²) in [6.45, 7) is 1.51. The summed E-state index contributed by atoms with van der Waals surface area (Å²) >= 11 is 0. The Balaban J connectivity index is 2.41. The van der Waals surface area contributed by atoms with Gasteiger partial charge in [-0.1, -0.05) is 67.6 Å². The van der Waals surface area contributed by atoms with E-state index in [1.165, 1.54) is 6.92 Å². The van der Waals surface area contributed by atoms with Gasteiger partial charge in [-0.25, -0.2) is 0 Å². The lowest BCUT2D eigenvalue weighted by atomic mass is 9.92. The highest BCUT2D eigenvalue weighted by molar-refractivity contribution is 7.86. The number of carbonyl (C=O) groups excluding carboxylic acids is 1. The van der Waals surface area contributed by atoms with E-state index < -0.39 is 21.3 Å². The highest BCUT2D eigenvalue weighted by atomic mass is 32.2. The minimum Gasteiger partial charge on any atom is -0.294 e. The number of benzene rings is 2. The molecule has 2 rings (SSSR count). The minimum atomic E-state index is -4.39. The summed E-state index contributed by atoms with van der Waals surface area (Å²) in [5.41, 5.74) is 0.825. The molecule has 2 aromatic carbocycles. The average molecular weight is 304 g/mol. The van der Waals surface area contributed by atoms with E-state index in [-0.39, 0.29) is 5.78 Å². The maximum absolute atomic E-state index is 12.4. The summed E-state index contributed by atoms with van der Waals surface area (Å²) in [5, 5.41) is -1.27. The Labute approximate surface area is 124 Å². The van der Waals surface area contributed by atoms with Crippen LogP contribution in [0.2, 0.25) is 0 Å². The molecule has 21 heavy (non-hydrogen) atoms. The average Bonchev–Trinajstić information content (AvgIpc) is 2.47. The lowest BCUT2D eigenvalue weighted by molar-refractivity contribution is 0.0923. The topological polar surface area (TPSA) is 71.4 Å². The number of carbonyl (C=O) groups is 1. The number of ketones is 1. The van der Waals surface area contributed by atoms with Crippen molar-refractivity contribution in [3.8, 4) is 0 Å². The molecule has 0 aliphatic carbocycles. The monoisotopic (exact) mass is 304 g/mol. The Hall–Kier alpha value is -1.98. The third kappa shape index (κ3) is 3.56. The Morgan fingerprint density at radius 2 is 1.43 bits per heavy atom. The van der Waals surface area contributed by atoms with Crippen LogP contribution in [0, 0.1) is 5.92 Å². The summed E-state index contributed by atoms with van der Waals surface area (Å²) in [4.78, 5) is 12.4. The number of hydrogen-bond donors (Lipinski definition) is 1. The molecule has 0 saturated carbocycles. The lowest BCUT2D eigenvalue weighted by Crippen LogP contribution is -2.26. The van der Waals surface area contributed by atoms with Gasteiger partial charge in [0, 0.05) is 11.5 Å². The predicted molar refractivity (Wildman–Crippen MR) is 80.7 cm³/mol. The fraction of sp³-hybridized carbons (Fsp3) is 0.188. The summed E-state index contributed by atoms with van der Waals surface area (Å²) in [5.74, 6) is -1.20. The first-order chi connectivity index (χ1) is 9.91. The molecule has 5 heteroatoms. The van der Waals surface area contributed by atoms with Gasteiger partial charge in [0.2, 0.25) is 0 Å². The third-order valence-corrected chi connectivity index (χ3v) is 4.70. The number of hydrogen-bond acceptors (Lipinski definition) is 3. The quantitative estimate of drug-likeness (QED) is 0.680. The maximum atomic E-state index is 12.4. The van der Waals surface area contributed by atoms with Crippen molar-refractivity contribution in [1.29, 1.82) is 0 Å². The van der Waals surface area contributed by atoms with E-state index in [1.54, 1.807) is 60.7 Å². The molecule has 0 aromatic heterocycles. The molecular weight excluding hydrogens is 288 g/mol. The molecule has 0 aliphatic heterocycles. The van der Waals surface area contributed by atoms with Crippen LogP contribution >= 0.6 is 0 Å². The van der Waals surface area contributed by atoms with E-state index in [0.29, 0.717) is 11.1 Å². The molecule has 2 aromatic rings. The van der Waals surface area contributed by atoms with Crippen molar-refractivity contribution in [2.75, 3.05) is 0 Å². The lowest BCUT2D eigenvalue weighted by Gasteiger charge is -2.20. The summed E-state index contributed by atoms with van der Waals surface area (Å²) in [6.07, 6.45) is 0. The molecule has 2 atom stereocenters. The van der Waals surface area contributed by atoms with Gasteiger partial charge in [0.05, 0.1) is 0 Å². The fourth-order valence-corrected chi connectivity index (χ4v) is 3.50. The first kappa shape index (κ1) is 15.4. The van der Waals surface area contributed by atoms with Crippen LogP contribution < -0.4 is 0 Å². The molecule has 2 unspecified atom stereocenters. The van der Waals surface area contributed by atoms with E-state index in [9.17, 15) is 17.8 Å². The molecule has 0 aliphatic rings. The molecule has 0 fully saturated rings. The van der Waals surface area contributed by atoms with Gasteiger partial charge in [0.25, 0.3) is 10.1 Å². The molecule has 0 radical (unpaired) electrons. The van der Waals surface area contributed by atoms with Crippen molar-refractivity contribution >= 4 is 15.9 Å². The molecule has 1 N–H and O–H groups in total. The maximum Gasteiger partial charge on any atom is 0.272 e. The highest BCUT2D eigenvalue weighted by Gasteiger charge is 2.35. The second-order valence-corrected chi connectivity index (χ2v) is 6.40. The Morgan fingerprint density at radius 1 is 0.952 bits per heavy atom. The van der Waals surface area contributed by atoms with Gasteiger partial charge in [-0.2, -0.15) is 8.42 Å². The minimum absolute atomic E-state index is 0.318. The molecule has 110 valence electrons. The standard InChI is InChI=1S/C16H16O4S/c1-12(15(17)13-8-4-2-5-9-13)16(21(18,19)20)14-10-6-3-7-11-14/h2-12,16H,1H3,(H,18,19,20). The third-order valence-electron chi connectivity index (χ3n) is 3.37. The van der Waals surface area contributed by atoms with Crippen LogP contribution in [0.3, 0.4) is 0 Å². The van der Waals surface area contributed by atoms with Crippen molar-refractivity contribution < 1.29 is 17.8 Å². The first-order valence-electron chi connectivity index (χ1n) is 6.52. The van der Waals surface area contributed by atoms with E-state index in [0.717, 1.165) is 0 Å². The van der Waals surface area contributed by atoms with Crippen molar-refractivity contribution in [2.45, 2.75) is 12.2 Å². The second-order valence-electron chi connectivity index (χ2n) is 4.87. The molecular formula is C16H16O4S. The fourth-order valence-electron chi connectivity index (χ4n) is 2.36. The first-order valence-corrected chi connectivity index (χ1v) is 8.02. The van der Waals surface area contributed by atoms with Crippen LogP contribution in [0.5, 0.6) is 0 Å². The van der Waals surface area contributed by atoms with Crippen LogP contribution in [0.15, 0.2) is 60.7 Å². The van der Waals surface area contributed by atoms with Crippen LogP contribution in [0.4, 0.5) is 0 Å². The molecule has 0 heterocycles. The Morgan fingerprint density at radius 3 is 1.90 bits per heavy atom. The molecule has 0 bridgehead atoms. The Bertz CT molecular complexity index is 708. The van der Waals surface area contributed by atoms with Gasteiger partial charge in [0.1, 0.15) is 5.25 Å². The zero-order valence-electron chi connectivity index (χ0n) is 11.5. The summed E-state index contributed by atoms with van der Waals surface area (Å²) < 4.78 is 32.9. The number of Topliss-reactive ketones (excluding diaryl/α,β-unsaturated/α-hetero) is 1. The predicted octanol–water partition coefficient (Wildman–Crippen LogP) is 3.13. The van der Waals surface area contributed by atoms with Crippen LogP contribution in [-0.4, -0.2) is 18.8 Å². The Kier molecular flexibility index (Phi) is 4.55. The molecule has 0 saturated heterocycles. The van der Waals surface area contributed by atoms with E-state index in [1.807, 2.05) is 0 Å². The van der Waals surface area contributed by atoms with Crippen molar-refractivity contribution in [3.05, 3.63) is 71.8 Å². The largest absolute Gasteiger partial charge is 0.294 e. The van der Waals surface area contributed by atoms with Crippen LogP contribution in [-0.2, 0) is 10.1 Å². The van der Waals surface area contributed by atoms with E-state index >= 15 is 0 Å². The smallest absolute Gasteiger partial charge is 0.272 e. The summed E-state index contributed by atoms with van der Waals surface area (Å²) in [6, 6.07) is 16.7. The van der Waals surface area contributed by atoms with Gasteiger partial charge in [0.15, 0.2) is 5.78 Å². The zero-order valence-corrected chi connectivity index (χ0v) is 12.3. The number of rotatable bonds is 5. The van der Waals surface area contributed by atoms with Gasteiger partial charge >= 0.3 is 0 Å². The van der Waals surface area contributed by atoms with Crippen LogP contribution in [0.1, 0.15) is 28.1 Å². The van der Waals surface area contributed by atoms with Gasteiger partial charge in [-0.15, -0.1) is 0 Å². The van der Waals surface area contributed by atoms with Gasteiger partial charge in [-0.05, 0) is 5.56 Å². The van der Waals surface area contributed by atoms with Gasteiger partial charge < -0.3 is 0 Å². The molecule has 0 amide bonds. The normalized spacial score (nSPS) is 14.4.